The van der Waals surface area contributed by atoms with Crippen molar-refractivity contribution in [3.05, 3.63) is 35.4 Å². The van der Waals surface area contributed by atoms with Crippen LogP contribution in [0.2, 0.25) is 0 Å². The molecule has 0 N–H and O–H groups in total. The van der Waals surface area contributed by atoms with E-state index in [1.165, 1.54) is 36.8 Å². The van der Waals surface area contributed by atoms with E-state index in [0.717, 1.165) is 64.1 Å². The quantitative estimate of drug-likeness (QED) is 0.378. The maximum atomic E-state index is 12.6. The van der Waals surface area contributed by atoms with Crippen LogP contribution in [-0.2, 0) is 16.0 Å². The molecule has 2 nitrogen and oxygen atoms in total. The lowest BCUT2D eigenvalue weighted by atomic mass is 9.79. The molecular weight excluding hydrogens is 320 g/mol. The number of carbonyl (C=O) groups is 1. The van der Waals surface area contributed by atoms with E-state index in [0.29, 0.717) is 5.78 Å². The van der Waals surface area contributed by atoms with Gasteiger partial charge in [0, 0.05) is 25.6 Å². The van der Waals surface area contributed by atoms with E-state index in [4.69, 9.17) is 4.74 Å². The summed E-state index contributed by atoms with van der Waals surface area (Å²) in [7, 11) is 0. The summed E-state index contributed by atoms with van der Waals surface area (Å²) in [6, 6.07) is 8.52. The van der Waals surface area contributed by atoms with Gasteiger partial charge in [0.05, 0.1) is 0 Å². The molecule has 2 atom stereocenters. The van der Waals surface area contributed by atoms with Crippen LogP contribution in [0.25, 0.3) is 0 Å². The van der Waals surface area contributed by atoms with Crippen molar-refractivity contribution in [2.24, 2.45) is 5.92 Å². The zero-order valence-corrected chi connectivity index (χ0v) is 17.0. The molecule has 1 aliphatic carbocycles. The van der Waals surface area contributed by atoms with Crippen molar-refractivity contribution in [1.82, 2.24) is 0 Å². The molecule has 0 aromatic heterocycles. The van der Waals surface area contributed by atoms with Crippen LogP contribution in [0, 0.1) is 5.92 Å². The SMILES string of the molecule is CCCC(CC)CCOCCCCCC(=O)C1CCCc2ccccc21. The maximum absolute atomic E-state index is 12.6. The zero-order chi connectivity index (χ0) is 18.6. The number of ether oxygens (including phenoxy) is 1. The summed E-state index contributed by atoms with van der Waals surface area (Å²) in [4.78, 5) is 12.6. The highest BCUT2D eigenvalue weighted by Gasteiger charge is 2.25. The van der Waals surface area contributed by atoms with Crippen LogP contribution in [0.3, 0.4) is 0 Å². The molecule has 146 valence electrons. The molecule has 2 rings (SSSR count). The number of benzene rings is 1. The van der Waals surface area contributed by atoms with Crippen molar-refractivity contribution >= 4 is 5.78 Å². The standard InChI is InChI=1S/C24H38O2/c1-3-11-20(4-2)17-19-26-18-9-5-6-16-24(25)23-15-10-13-21-12-7-8-14-22(21)23/h7-8,12,14,20,23H,3-6,9-11,13,15-19H2,1-2H3. The molecule has 2 heteroatoms. The van der Waals surface area contributed by atoms with E-state index in [-0.39, 0.29) is 5.92 Å². The number of rotatable bonds is 13. The second-order valence-corrected chi connectivity index (χ2v) is 7.88. The molecule has 0 radical (unpaired) electrons. The Hall–Kier alpha value is -1.15. The molecule has 0 saturated carbocycles. The molecule has 26 heavy (non-hydrogen) atoms. The second kappa shape index (κ2) is 12.3. The predicted octanol–water partition coefficient (Wildman–Crippen LogP) is 6.47. The molecule has 1 aromatic rings. The normalized spacial score (nSPS) is 17.7. The Kier molecular flexibility index (Phi) is 9.99. The van der Waals surface area contributed by atoms with Gasteiger partial charge in [-0.2, -0.15) is 0 Å². The van der Waals surface area contributed by atoms with Crippen molar-refractivity contribution in [2.75, 3.05) is 13.2 Å². The van der Waals surface area contributed by atoms with Gasteiger partial charge in [0.1, 0.15) is 5.78 Å². The van der Waals surface area contributed by atoms with Crippen molar-refractivity contribution < 1.29 is 9.53 Å². The molecule has 2 unspecified atom stereocenters. The van der Waals surface area contributed by atoms with Crippen molar-refractivity contribution in [3.63, 3.8) is 0 Å². The third kappa shape index (κ3) is 6.87. The summed E-state index contributed by atoms with van der Waals surface area (Å²) in [6.45, 7) is 6.29. The van der Waals surface area contributed by atoms with Crippen molar-refractivity contribution in [1.29, 1.82) is 0 Å². The molecule has 0 saturated heterocycles. The minimum Gasteiger partial charge on any atom is -0.381 e. The fourth-order valence-electron chi connectivity index (χ4n) is 4.26. The highest BCUT2D eigenvalue weighted by molar-refractivity contribution is 5.86. The van der Waals surface area contributed by atoms with Gasteiger partial charge in [-0.1, -0.05) is 63.8 Å². The van der Waals surface area contributed by atoms with E-state index in [1.807, 2.05) is 0 Å². The van der Waals surface area contributed by atoms with Gasteiger partial charge >= 0.3 is 0 Å². The Morgan fingerprint density at radius 2 is 1.96 bits per heavy atom. The molecule has 0 spiro atoms. The van der Waals surface area contributed by atoms with Gasteiger partial charge in [0.25, 0.3) is 0 Å². The van der Waals surface area contributed by atoms with E-state index < -0.39 is 0 Å². The minimum atomic E-state index is 0.153. The first-order valence-electron chi connectivity index (χ1n) is 10.9. The molecule has 1 aromatic carbocycles. The highest BCUT2D eigenvalue weighted by atomic mass is 16.5. The number of aryl methyl sites for hydroxylation is 1. The number of hydrogen-bond acceptors (Lipinski definition) is 2. The molecule has 0 bridgehead atoms. The monoisotopic (exact) mass is 358 g/mol. The lowest BCUT2D eigenvalue weighted by Crippen LogP contribution is -2.18. The first-order chi connectivity index (χ1) is 12.8. The van der Waals surface area contributed by atoms with Crippen molar-refractivity contribution in [2.45, 2.75) is 90.4 Å². The predicted molar refractivity (Wildman–Crippen MR) is 110 cm³/mol. The number of hydrogen-bond donors (Lipinski definition) is 0. The average molecular weight is 359 g/mol. The van der Waals surface area contributed by atoms with E-state index in [2.05, 4.69) is 38.1 Å². The summed E-state index contributed by atoms with van der Waals surface area (Å²) < 4.78 is 5.80. The summed E-state index contributed by atoms with van der Waals surface area (Å²) in [5.74, 6) is 1.43. The van der Waals surface area contributed by atoms with Gasteiger partial charge in [-0.3, -0.25) is 4.79 Å². The zero-order valence-electron chi connectivity index (χ0n) is 17.0. The third-order valence-corrected chi connectivity index (χ3v) is 5.91. The van der Waals surface area contributed by atoms with Gasteiger partial charge in [-0.05, 0) is 55.6 Å². The highest BCUT2D eigenvalue weighted by Crippen LogP contribution is 2.33. The molecule has 0 heterocycles. The number of fused-ring (bicyclic) bond motifs is 1. The summed E-state index contributed by atoms with van der Waals surface area (Å²) in [5.41, 5.74) is 2.68. The Morgan fingerprint density at radius 3 is 2.77 bits per heavy atom. The number of unbranched alkanes of at least 4 members (excludes halogenated alkanes) is 2. The lowest BCUT2D eigenvalue weighted by Gasteiger charge is -2.24. The summed E-state index contributed by atoms with van der Waals surface area (Å²) >= 11 is 0. The van der Waals surface area contributed by atoms with Crippen LogP contribution in [0.1, 0.15) is 95.1 Å². The largest absolute Gasteiger partial charge is 0.381 e. The van der Waals surface area contributed by atoms with Crippen LogP contribution in [0.15, 0.2) is 24.3 Å². The first kappa shape index (κ1) is 21.2. The molecule has 0 amide bonds. The van der Waals surface area contributed by atoms with Crippen molar-refractivity contribution in [3.8, 4) is 0 Å². The number of carbonyl (C=O) groups excluding carboxylic acids is 1. The third-order valence-electron chi connectivity index (χ3n) is 5.91. The molecule has 0 aliphatic heterocycles. The topological polar surface area (TPSA) is 26.3 Å². The number of Topliss-reactive ketones (excluding diaryl/α,β-unsaturated/α-hetero) is 1. The Morgan fingerprint density at radius 1 is 1.12 bits per heavy atom. The Balaban J connectivity index is 1.56. The van der Waals surface area contributed by atoms with Gasteiger partial charge in [-0.25, -0.2) is 0 Å². The smallest absolute Gasteiger partial charge is 0.140 e. The maximum Gasteiger partial charge on any atom is 0.140 e. The van der Waals surface area contributed by atoms with Gasteiger partial charge in [0.15, 0.2) is 0 Å². The summed E-state index contributed by atoms with van der Waals surface area (Å²) in [5, 5.41) is 0. The van der Waals surface area contributed by atoms with Crippen LogP contribution >= 0.6 is 0 Å². The van der Waals surface area contributed by atoms with Gasteiger partial charge in [0.2, 0.25) is 0 Å². The fourth-order valence-corrected chi connectivity index (χ4v) is 4.26. The average Bonchev–Trinajstić information content (AvgIpc) is 2.68. The molecular formula is C24H38O2. The van der Waals surface area contributed by atoms with E-state index in [1.54, 1.807) is 0 Å². The minimum absolute atomic E-state index is 0.153. The Labute approximate surface area is 160 Å². The number of ketones is 1. The van der Waals surface area contributed by atoms with Crippen LogP contribution < -0.4 is 0 Å². The first-order valence-corrected chi connectivity index (χ1v) is 10.9. The molecule has 0 fully saturated rings. The Bertz CT molecular complexity index is 523. The van der Waals surface area contributed by atoms with Crippen LogP contribution in [0.4, 0.5) is 0 Å². The van der Waals surface area contributed by atoms with E-state index in [9.17, 15) is 4.79 Å². The van der Waals surface area contributed by atoms with Gasteiger partial charge in [-0.15, -0.1) is 0 Å². The van der Waals surface area contributed by atoms with E-state index >= 15 is 0 Å². The lowest BCUT2D eigenvalue weighted by molar-refractivity contribution is -0.120. The van der Waals surface area contributed by atoms with Crippen LogP contribution in [-0.4, -0.2) is 19.0 Å². The van der Waals surface area contributed by atoms with Gasteiger partial charge < -0.3 is 4.74 Å². The summed E-state index contributed by atoms with van der Waals surface area (Å²) in [6.07, 6.45) is 12.3. The molecule has 1 aliphatic rings. The fraction of sp³-hybridized carbons (Fsp3) is 0.708. The second-order valence-electron chi connectivity index (χ2n) is 7.88. The van der Waals surface area contributed by atoms with Crippen LogP contribution in [0.5, 0.6) is 0 Å².